The van der Waals surface area contributed by atoms with Gasteiger partial charge in [0.15, 0.2) is 0 Å². The summed E-state index contributed by atoms with van der Waals surface area (Å²) in [7, 11) is 1.66. The zero-order valence-corrected chi connectivity index (χ0v) is 12.1. The number of nitrogen functional groups attached to an aromatic ring is 1. The number of nitrogens with zero attached hydrogens (tertiary/aromatic N) is 2. The Balaban J connectivity index is 2.15. The highest BCUT2D eigenvalue weighted by Gasteiger charge is 2.07. The molecule has 0 saturated carbocycles. The van der Waals surface area contributed by atoms with Gasteiger partial charge in [-0.15, -0.1) is 0 Å². The minimum Gasteiger partial charge on any atom is -0.497 e. The van der Waals surface area contributed by atoms with Crippen LogP contribution in [0.5, 0.6) is 5.75 Å². The van der Waals surface area contributed by atoms with Crippen LogP contribution >= 0.6 is 0 Å². The molecule has 5 heteroatoms. The van der Waals surface area contributed by atoms with Gasteiger partial charge in [0.05, 0.1) is 7.11 Å². The van der Waals surface area contributed by atoms with Crippen LogP contribution in [0.15, 0.2) is 24.3 Å². The molecule has 0 radical (unpaired) electrons. The van der Waals surface area contributed by atoms with Crippen molar-refractivity contribution in [1.29, 1.82) is 0 Å². The van der Waals surface area contributed by atoms with Crippen LogP contribution in [0, 0.1) is 6.92 Å². The van der Waals surface area contributed by atoms with Crippen LogP contribution in [0.1, 0.15) is 23.9 Å². The average Bonchev–Trinajstić information content (AvgIpc) is 2.48. The van der Waals surface area contributed by atoms with Gasteiger partial charge in [-0.3, -0.25) is 0 Å². The number of methoxy groups -OCH3 is 1. The first-order valence-electron chi connectivity index (χ1n) is 6.63. The molecule has 0 aliphatic rings. The van der Waals surface area contributed by atoms with Gasteiger partial charge in [-0.1, -0.05) is 19.1 Å². The molecule has 0 unspecified atom stereocenters. The molecule has 1 aromatic carbocycles. The van der Waals surface area contributed by atoms with Crippen molar-refractivity contribution in [1.82, 2.24) is 9.97 Å². The molecule has 0 fully saturated rings. The minimum absolute atomic E-state index is 0.532. The van der Waals surface area contributed by atoms with Gasteiger partial charge in [0.1, 0.15) is 23.2 Å². The molecule has 1 heterocycles. The number of aromatic nitrogens is 2. The Bertz CT molecular complexity index is 598. The highest BCUT2D eigenvalue weighted by atomic mass is 16.5. The lowest BCUT2D eigenvalue weighted by molar-refractivity contribution is 0.414. The van der Waals surface area contributed by atoms with Gasteiger partial charge in [-0.2, -0.15) is 0 Å². The number of nitrogens with two attached hydrogens (primary N) is 1. The lowest BCUT2D eigenvalue weighted by Gasteiger charge is -2.12. The second-order valence-corrected chi connectivity index (χ2v) is 4.56. The highest BCUT2D eigenvalue weighted by Crippen LogP contribution is 2.19. The van der Waals surface area contributed by atoms with Crippen molar-refractivity contribution in [2.24, 2.45) is 0 Å². The maximum Gasteiger partial charge on any atom is 0.135 e. The van der Waals surface area contributed by atoms with Crippen molar-refractivity contribution in [2.45, 2.75) is 26.8 Å². The van der Waals surface area contributed by atoms with E-state index in [0.717, 1.165) is 34.9 Å². The molecule has 20 heavy (non-hydrogen) atoms. The Labute approximate surface area is 119 Å². The molecule has 2 rings (SSSR count). The summed E-state index contributed by atoms with van der Waals surface area (Å²) < 4.78 is 5.21. The van der Waals surface area contributed by atoms with Crippen molar-refractivity contribution in [2.75, 3.05) is 18.2 Å². The third kappa shape index (κ3) is 3.17. The number of benzene rings is 1. The molecule has 0 spiro atoms. The van der Waals surface area contributed by atoms with Crippen LogP contribution in [0.3, 0.4) is 0 Å². The SMILES string of the molecule is CCc1nc(N)c(C)c(NCc2cccc(OC)c2)n1. The van der Waals surface area contributed by atoms with Crippen molar-refractivity contribution in [3.63, 3.8) is 0 Å². The van der Waals surface area contributed by atoms with Gasteiger partial charge in [-0.25, -0.2) is 9.97 Å². The van der Waals surface area contributed by atoms with E-state index in [4.69, 9.17) is 10.5 Å². The van der Waals surface area contributed by atoms with Crippen LogP contribution in [0.4, 0.5) is 11.6 Å². The number of hydrogen-bond donors (Lipinski definition) is 2. The first-order valence-corrected chi connectivity index (χ1v) is 6.63. The second-order valence-electron chi connectivity index (χ2n) is 4.56. The smallest absolute Gasteiger partial charge is 0.135 e. The summed E-state index contributed by atoms with van der Waals surface area (Å²) in [6, 6.07) is 7.92. The van der Waals surface area contributed by atoms with Crippen LogP contribution < -0.4 is 15.8 Å². The maximum atomic E-state index is 5.90. The number of hydrogen-bond acceptors (Lipinski definition) is 5. The predicted octanol–water partition coefficient (Wildman–Crippen LogP) is 2.55. The van der Waals surface area contributed by atoms with E-state index >= 15 is 0 Å². The average molecular weight is 272 g/mol. The fraction of sp³-hybridized carbons (Fsp3) is 0.333. The molecule has 0 atom stereocenters. The normalized spacial score (nSPS) is 10.3. The number of aryl methyl sites for hydroxylation is 1. The van der Waals surface area contributed by atoms with E-state index in [1.807, 2.05) is 38.1 Å². The Morgan fingerprint density at radius 3 is 2.80 bits per heavy atom. The van der Waals surface area contributed by atoms with E-state index in [0.29, 0.717) is 12.4 Å². The van der Waals surface area contributed by atoms with Crippen LogP contribution in [0.25, 0.3) is 0 Å². The van der Waals surface area contributed by atoms with Crippen molar-refractivity contribution in [3.8, 4) is 5.75 Å². The van der Waals surface area contributed by atoms with Crippen molar-refractivity contribution < 1.29 is 4.74 Å². The summed E-state index contributed by atoms with van der Waals surface area (Å²) >= 11 is 0. The van der Waals surface area contributed by atoms with E-state index in [1.165, 1.54) is 0 Å². The second kappa shape index (κ2) is 6.23. The molecular formula is C15H20N4O. The Kier molecular flexibility index (Phi) is 4.40. The number of ether oxygens (including phenoxy) is 1. The molecule has 1 aromatic heterocycles. The molecule has 0 amide bonds. The van der Waals surface area contributed by atoms with Crippen LogP contribution in [-0.2, 0) is 13.0 Å². The third-order valence-corrected chi connectivity index (χ3v) is 3.14. The van der Waals surface area contributed by atoms with Gasteiger partial charge in [0.25, 0.3) is 0 Å². The monoisotopic (exact) mass is 272 g/mol. The van der Waals surface area contributed by atoms with E-state index in [2.05, 4.69) is 15.3 Å². The topological polar surface area (TPSA) is 73.1 Å². The molecular weight excluding hydrogens is 252 g/mol. The lowest BCUT2D eigenvalue weighted by atomic mass is 10.2. The van der Waals surface area contributed by atoms with E-state index in [9.17, 15) is 0 Å². The Morgan fingerprint density at radius 1 is 1.30 bits per heavy atom. The first kappa shape index (κ1) is 14.1. The molecule has 0 saturated heterocycles. The Morgan fingerprint density at radius 2 is 2.10 bits per heavy atom. The first-order chi connectivity index (χ1) is 9.63. The number of rotatable bonds is 5. The quantitative estimate of drug-likeness (QED) is 0.875. The van der Waals surface area contributed by atoms with Gasteiger partial charge >= 0.3 is 0 Å². The molecule has 0 aliphatic heterocycles. The summed E-state index contributed by atoms with van der Waals surface area (Å²) in [5.74, 6) is 2.92. The molecule has 0 bridgehead atoms. The molecule has 0 aliphatic carbocycles. The fourth-order valence-electron chi connectivity index (χ4n) is 1.88. The van der Waals surface area contributed by atoms with Crippen molar-refractivity contribution >= 4 is 11.6 Å². The zero-order chi connectivity index (χ0) is 14.5. The van der Waals surface area contributed by atoms with Gasteiger partial charge < -0.3 is 15.8 Å². The van der Waals surface area contributed by atoms with Gasteiger partial charge in [0.2, 0.25) is 0 Å². The van der Waals surface area contributed by atoms with Crippen LogP contribution in [0.2, 0.25) is 0 Å². The Hall–Kier alpha value is -2.30. The van der Waals surface area contributed by atoms with E-state index < -0.39 is 0 Å². The van der Waals surface area contributed by atoms with Crippen molar-refractivity contribution in [3.05, 3.63) is 41.2 Å². The minimum atomic E-state index is 0.532. The van der Waals surface area contributed by atoms with Gasteiger partial charge in [-0.05, 0) is 24.6 Å². The lowest BCUT2D eigenvalue weighted by Crippen LogP contribution is -2.09. The number of nitrogens with one attached hydrogen (secondary N) is 1. The van der Waals surface area contributed by atoms with E-state index in [1.54, 1.807) is 7.11 Å². The summed E-state index contributed by atoms with van der Waals surface area (Å²) in [5.41, 5.74) is 7.90. The highest BCUT2D eigenvalue weighted by molar-refractivity contribution is 5.55. The molecule has 106 valence electrons. The van der Waals surface area contributed by atoms with Gasteiger partial charge in [0, 0.05) is 18.5 Å². The standard InChI is InChI=1S/C15H20N4O/c1-4-13-18-14(16)10(2)15(19-13)17-9-11-6-5-7-12(8-11)20-3/h5-8H,4,9H2,1-3H3,(H3,16,17,18,19). The van der Waals surface area contributed by atoms with E-state index in [-0.39, 0.29) is 0 Å². The largest absolute Gasteiger partial charge is 0.497 e. The fourth-order valence-corrected chi connectivity index (χ4v) is 1.88. The summed E-state index contributed by atoms with van der Waals surface area (Å²) in [6.07, 6.45) is 0.762. The summed E-state index contributed by atoms with van der Waals surface area (Å²) in [4.78, 5) is 8.72. The number of anilines is 2. The maximum absolute atomic E-state index is 5.90. The predicted molar refractivity (Wildman–Crippen MR) is 80.9 cm³/mol. The zero-order valence-electron chi connectivity index (χ0n) is 12.1. The molecule has 5 nitrogen and oxygen atoms in total. The van der Waals surface area contributed by atoms with Crippen LogP contribution in [-0.4, -0.2) is 17.1 Å². The summed E-state index contributed by atoms with van der Waals surface area (Å²) in [6.45, 7) is 4.59. The summed E-state index contributed by atoms with van der Waals surface area (Å²) in [5, 5.41) is 3.31. The molecule has 2 aromatic rings. The third-order valence-electron chi connectivity index (χ3n) is 3.14. The molecule has 3 N–H and O–H groups in total.